The lowest BCUT2D eigenvalue weighted by atomic mass is 10.1. The minimum atomic E-state index is -1.01. The van der Waals surface area contributed by atoms with E-state index < -0.39 is 5.97 Å². The van der Waals surface area contributed by atoms with Crippen molar-refractivity contribution in [2.45, 2.75) is 20.4 Å². The Morgan fingerprint density at radius 2 is 2.00 bits per heavy atom. The van der Waals surface area contributed by atoms with E-state index in [-0.39, 0.29) is 5.69 Å². The van der Waals surface area contributed by atoms with Crippen molar-refractivity contribution in [3.05, 3.63) is 36.0 Å². The van der Waals surface area contributed by atoms with Crippen molar-refractivity contribution in [1.82, 2.24) is 9.78 Å². The average Bonchev–Trinajstić information content (AvgIpc) is 2.84. The summed E-state index contributed by atoms with van der Waals surface area (Å²) in [5.41, 5.74) is 1.78. The largest absolute Gasteiger partial charge is 0.494 e. The highest BCUT2D eigenvalue weighted by atomic mass is 16.5. The van der Waals surface area contributed by atoms with Crippen LogP contribution in [0.25, 0.3) is 11.3 Å². The molecule has 0 fully saturated rings. The lowest BCUT2D eigenvalue weighted by Gasteiger charge is -2.06. The van der Waals surface area contributed by atoms with Crippen molar-refractivity contribution < 1.29 is 14.6 Å². The summed E-state index contributed by atoms with van der Waals surface area (Å²) in [6.45, 7) is 5.10. The fourth-order valence-corrected chi connectivity index (χ4v) is 1.88. The highest BCUT2D eigenvalue weighted by molar-refractivity contribution is 5.87. The molecule has 0 atom stereocenters. The second-order valence-corrected chi connectivity index (χ2v) is 3.99. The molecule has 5 nitrogen and oxygen atoms in total. The number of nitrogens with zero attached hydrogens (tertiary/aromatic N) is 2. The average molecular weight is 260 g/mol. The molecule has 5 heteroatoms. The van der Waals surface area contributed by atoms with E-state index in [9.17, 15) is 4.79 Å². The zero-order valence-electron chi connectivity index (χ0n) is 11.0. The lowest BCUT2D eigenvalue weighted by molar-refractivity contribution is 0.0689. The van der Waals surface area contributed by atoms with Crippen LogP contribution < -0.4 is 4.74 Å². The molecule has 0 saturated heterocycles. The van der Waals surface area contributed by atoms with E-state index in [2.05, 4.69) is 5.10 Å². The predicted molar refractivity (Wildman–Crippen MR) is 71.5 cm³/mol. The molecule has 1 N–H and O–H groups in total. The van der Waals surface area contributed by atoms with Crippen molar-refractivity contribution in [3.8, 4) is 17.0 Å². The number of carboxylic acids is 1. The highest BCUT2D eigenvalue weighted by Gasteiger charge is 2.13. The molecule has 0 amide bonds. The van der Waals surface area contributed by atoms with Gasteiger partial charge in [-0.05, 0) is 44.2 Å². The zero-order chi connectivity index (χ0) is 13.8. The van der Waals surface area contributed by atoms with Gasteiger partial charge < -0.3 is 9.84 Å². The fraction of sp³-hybridized carbons (Fsp3) is 0.286. The van der Waals surface area contributed by atoms with Crippen LogP contribution in [0.3, 0.4) is 0 Å². The molecule has 1 aromatic heterocycles. The van der Waals surface area contributed by atoms with Crippen LogP contribution in [0.1, 0.15) is 24.3 Å². The van der Waals surface area contributed by atoms with E-state index in [0.29, 0.717) is 13.2 Å². The number of hydrogen-bond donors (Lipinski definition) is 1. The number of aryl methyl sites for hydroxylation is 1. The molecule has 0 unspecified atom stereocenters. The van der Waals surface area contributed by atoms with Gasteiger partial charge in [-0.2, -0.15) is 5.10 Å². The SMILES string of the molecule is CCOc1ccc(-c2cc(C(=O)O)nn2CC)cc1. The summed E-state index contributed by atoms with van der Waals surface area (Å²) in [6.07, 6.45) is 0. The van der Waals surface area contributed by atoms with Gasteiger partial charge >= 0.3 is 5.97 Å². The minimum Gasteiger partial charge on any atom is -0.494 e. The molecule has 100 valence electrons. The molecule has 0 saturated carbocycles. The van der Waals surface area contributed by atoms with Crippen LogP contribution >= 0.6 is 0 Å². The smallest absolute Gasteiger partial charge is 0.356 e. The molecule has 0 bridgehead atoms. The van der Waals surface area contributed by atoms with E-state index in [4.69, 9.17) is 9.84 Å². The molecule has 2 rings (SSSR count). The maximum Gasteiger partial charge on any atom is 0.356 e. The Bertz CT molecular complexity index is 573. The van der Waals surface area contributed by atoms with Gasteiger partial charge in [-0.1, -0.05) is 0 Å². The summed E-state index contributed by atoms with van der Waals surface area (Å²) in [5, 5.41) is 13.0. The van der Waals surface area contributed by atoms with Gasteiger partial charge in [0.25, 0.3) is 0 Å². The van der Waals surface area contributed by atoms with Gasteiger partial charge in [0.1, 0.15) is 5.75 Å². The number of aromatic carboxylic acids is 1. The molecule has 0 aliphatic carbocycles. The standard InChI is InChI=1S/C14H16N2O3/c1-3-16-13(9-12(15-16)14(17)18)10-5-7-11(8-6-10)19-4-2/h5-9H,3-4H2,1-2H3,(H,17,18). The Morgan fingerprint density at radius 3 is 2.53 bits per heavy atom. The van der Waals surface area contributed by atoms with E-state index in [1.54, 1.807) is 10.7 Å². The summed E-state index contributed by atoms with van der Waals surface area (Å²) < 4.78 is 7.06. The van der Waals surface area contributed by atoms with Crippen molar-refractivity contribution >= 4 is 5.97 Å². The molecule has 19 heavy (non-hydrogen) atoms. The first-order valence-electron chi connectivity index (χ1n) is 6.20. The Hall–Kier alpha value is -2.30. The summed E-state index contributed by atoms with van der Waals surface area (Å²) in [7, 11) is 0. The van der Waals surface area contributed by atoms with Crippen LogP contribution in [-0.4, -0.2) is 27.5 Å². The second-order valence-electron chi connectivity index (χ2n) is 3.99. The van der Waals surface area contributed by atoms with Gasteiger partial charge in [0.15, 0.2) is 5.69 Å². The molecule has 2 aromatic rings. The maximum atomic E-state index is 11.0. The molecule has 0 spiro atoms. The van der Waals surface area contributed by atoms with Gasteiger partial charge in [0, 0.05) is 12.1 Å². The third-order valence-electron chi connectivity index (χ3n) is 2.76. The van der Waals surface area contributed by atoms with Gasteiger partial charge in [0.2, 0.25) is 0 Å². The topological polar surface area (TPSA) is 64.3 Å². The molecule has 1 heterocycles. The number of benzene rings is 1. The van der Waals surface area contributed by atoms with Crippen LogP contribution in [-0.2, 0) is 6.54 Å². The fourth-order valence-electron chi connectivity index (χ4n) is 1.88. The number of hydrogen-bond acceptors (Lipinski definition) is 3. The predicted octanol–water partition coefficient (Wildman–Crippen LogP) is 2.67. The third kappa shape index (κ3) is 2.76. The first-order chi connectivity index (χ1) is 9.15. The number of rotatable bonds is 5. The summed E-state index contributed by atoms with van der Waals surface area (Å²) in [5.74, 6) is -0.216. The van der Waals surface area contributed by atoms with Crippen LogP contribution in [0.4, 0.5) is 0 Å². The normalized spacial score (nSPS) is 10.4. The molecular formula is C14H16N2O3. The van der Waals surface area contributed by atoms with E-state index >= 15 is 0 Å². The molecule has 0 radical (unpaired) electrons. The Balaban J connectivity index is 2.37. The number of carbonyl (C=O) groups is 1. The number of ether oxygens (including phenoxy) is 1. The van der Waals surface area contributed by atoms with Crippen LogP contribution in [0.5, 0.6) is 5.75 Å². The summed E-state index contributed by atoms with van der Waals surface area (Å²) in [6, 6.07) is 9.12. The van der Waals surface area contributed by atoms with Crippen molar-refractivity contribution in [2.24, 2.45) is 0 Å². The van der Waals surface area contributed by atoms with Crippen molar-refractivity contribution in [3.63, 3.8) is 0 Å². The Labute approximate surface area is 111 Å². The van der Waals surface area contributed by atoms with E-state index in [0.717, 1.165) is 17.0 Å². The second kappa shape index (κ2) is 5.56. The minimum absolute atomic E-state index is 0.0609. The molecule has 1 aromatic carbocycles. The van der Waals surface area contributed by atoms with E-state index in [1.165, 1.54) is 0 Å². The Kier molecular flexibility index (Phi) is 3.85. The Morgan fingerprint density at radius 1 is 1.32 bits per heavy atom. The monoisotopic (exact) mass is 260 g/mol. The molecule has 0 aliphatic rings. The quantitative estimate of drug-likeness (QED) is 0.897. The van der Waals surface area contributed by atoms with Crippen LogP contribution in [0.2, 0.25) is 0 Å². The van der Waals surface area contributed by atoms with Gasteiger partial charge in [-0.15, -0.1) is 0 Å². The number of aromatic nitrogens is 2. The maximum absolute atomic E-state index is 11.0. The van der Waals surface area contributed by atoms with E-state index in [1.807, 2.05) is 38.1 Å². The molecule has 0 aliphatic heterocycles. The van der Waals surface area contributed by atoms with Gasteiger partial charge in [-0.25, -0.2) is 4.79 Å². The van der Waals surface area contributed by atoms with Gasteiger partial charge in [0.05, 0.1) is 12.3 Å². The van der Waals surface area contributed by atoms with Gasteiger partial charge in [-0.3, -0.25) is 4.68 Å². The van der Waals surface area contributed by atoms with Crippen LogP contribution in [0.15, 0.2) is 30.3 Å². The summed E-state index contributed by atoms with van der Waals surface area (Å²) in [4.78, 5) is 11.0. The first-order valence-corrected chi connectivity index (χ1v) is 6.20. The summed E-state index contributed by atoms with van der Waals surface area (Å²) >= 11 is 0. The number of carboxylic acid groups (broad SMARTS) is 1. The lowest BCUT2D eigenvalue weighted by Crippen LogP contribution is -2.02. The van der Waals surface area contributed by atoms with Crippen LogP contribution in [0, 0.1) is 0 Å². The highest BCUT2D eigenvalue weighted by Crippen LogP contribution is 2.23. The van der Waals surface area contributed by atoms with Crippen molar-refractivity contribution in [1.29, 1.82) is 0 Å². The zero-order valence-corrected chi connectivity index (χ0v) is 11.0. The first kappa shape index (κ1) is 13.1. The van der Waals surface area contributed by atoms with Crippen molar-refractivity contribution in [2.75, 3.05) is 6.61 Å². The molecular weight excluding hydrogens is 244 g/mol. The third-order valence-corrected chi connectivity index (χ3v) is 2.76.